The number of carboxylic acid groups (broad SMARTS) is 1. The van der Waals surface area contributed by atoms with Gasteiger partial charge in [-0.25, -0.2) is 4.79 Å². The lowest BCUT2D eigenvalue weighted by Crippen LogP contribution is -2.10. The molecule has 0 fully saturated rings. The van der Waals surface area contributed by atoms with E-state index in [4.69, 9.17) is 5.11 Å². The molecule has 0 aromatic heterocycles. The maximum absolute atomic E-state index is 11.6. The standard InChI is InChI=1S/C13H12O3/c14-12-3-1-2-10-8-9(4-6-11(10)12)5-7-13(15)16/h4-8H,1-3H2,(H,15,16)/b7-5+. The molecule has 16 heavy (non-hydrogen) atoms. The Morgan fingerprint density at radius 3 is 2.88 bits per heavy atom. The summed E-state index contributed by atoms with van der Waals surface area (Å²) < 4.78 is 0. The van der Waals surface area contributed by atoms with Gasteiger partial charge in [-0.3, -0.25) is 4.79 Å². The molecule has 2 rings (SSSR count). The van der Waals surface area contributed by atoms with Gasteiger partial charge < -0.3 is 5.11 Å². The smallest absolute Gasteiger partial charge is 0.328 e. The third-order valence-corrected chi connectivity index (χ3v) is 2.70. The van der Waals surface area contributed by atoms with Crippen molar-refractivity contribution < 1.29 is 14.7 Å². The molecular formula is C13H12O3. The summed E-state index contributed by atoms with van der Waals surface area (Å²) in [5, 5.41) is 8.51. The molecule has 0 unspecified atom stereocenters. The fourth-order valence-electron chi connectivity index (χ4n) is 1.94. The van der Waals surface area contributed by atoms with Crippen LogP contribution in [0.4, 0.5) is 0 Å². The molecule has 1 aliphatic carbocycles. The van der Waals surface area contributed by atoms with Gasteiger partial charge in [0, 0.05) is 18.1 Å². The highest BCUT2D eigenvalue weighted by Gasteiger charge is 2.16. The van der Waals surface area contributed by atoms with Crippen molar-refractivity contribution in [1.29, 1.82) is 0 Å². The second-order valence-corrected chi connectivity index (χ2v) is 3.86. The molecule has 1 aliphatic rings. The highest BCUT2D eigenvalue weighted by molar-refractivity contribution is 5.98. The summed E-state index contributed by atoms with van der Waals surface area (Å²) in [6, 6.07) is 5.46. The minimum Gasteiger partial charge on any atom is -0.478 e. The topological polar surface area (TPSA) is 54.4 Å². The predicted octanol–water partition coefficient (Wildman–Crippen LogP) is 2.30. The monoisotopic (exact) mass is 216 g/mol. The van der Waals surface area contributed by atoms with Crippen LogP contribution in [0.1, 0.15) is 34.3 Å². The number of carbonyl (C=O) groups is 2. The number of hydrogen-bond donors (Lipinski definition) is 1. The molecular weight excluding hydrogens is 204 g/mol. The third-order valence-electron chi connectivity index (χ3n) is 2.70. The molecule has 0 radical (unpaired) electrons. The molecule has 3 nitrogen and oxygen atoms in total. The first-order valence-corrected chi connectivity index (χ1v) is 5.24. The number of Topliss-reactive ketones (excluding diaryl/α,β-unsaturated/α-hetero) is 1. The van der Waals surface area contributed by atoms with E-state index in [1.807, 2.05) is 6.07 Å². The van der Waals surface area contributed by atoms with E-state index in [1.54, 1.807) is 18.2 Å². The Morgan fingerprint density at radius 2 is 2.12 bits per heavy atom. The van der Waals surface area contributed by atoms with Gasteiger partial charge in [-0.05, 0) is 30.0 Å². The van der Waals surface area contributed by atoms with Crippen molar-refractivity contribution >= 4 is 17.8 Å². The molecule has 1 N–H and O–H groups in total. The van der Waals surface area contributed by atoms with Crippen LogP contribution in [0.2, 0.25) is 0 Å². The molecule has 0 amide bonds. The fourth-order valence-corrected chi connectivity index (χ4v) is 1.94. The lowest BCUT2D eigenvalue weighted by Gasteiger charge is -2.14. The van der Waals surface area contributed by atoms with Crippen LogP contribution in [0, 0.1) is 0 Å². The third kappa shape index (κ3) is 2.19. The van der Waals surface area contributed by atoms with Gasteiger partial charge in [0.15, 0.2) is 5.78 Å². The van der Waals surface area contributed by atoms with Crippen molar-refractivity contribution in [2.75, 3.05) is 0 Å². The Hall–Kier alpha value is -1.90. The van der Waals surface area contributed by atoms with E-state index in [9.17, 15) is 9.59 Å². The van der Waals surface area contributed by atoms with E-state index in [-0.39, 0.29) is 5.78 Å². The average molecular weight is 216 g/mol. The van der Waals surface area contributed by atoms with Crippen LogP contribution in [0.5, 0.6) is 0 Å². The minimum absolute atomic E-state index is 0.190. The maximum atomic E-state index is 11.6. The van der Waals surface area contributed by atoms with Crippen LogP contribution in [-0.4, -0.2) is 16.9 Å². The molecule has 0 saturated carbocycles. The van der Waals surface area contributed by atoms with Crippen molar-refractivity contribution in [2.45, 2.75) is 19.3 Å². The first-order valence-electron chi connectivity index (χ1n) is 5.24. The van der Waals surface area contributed by atoms with Gasteiger partial charge in [0.25, 0.3) is 0 Å². The zero-order chi connectivity index (χ0) is 11.5. The highest BCUT2D eigenvalue weighted by Crippen LogP contribution is 2.22. The quantitative estimate of drug-likeness (QED) is 0.772. The Bertz CT molecular complexity index is 472. The number of aliphatic carboxylic acids is 1. The van der Waals surface area contributed by atoms with E-state index >= 15 is 0 Å². The van der Waals surface area contributed by atoms with Gasteiger partial charge >= 0.3 is 5.97 Å². The van der Waals surface area contributed by atoms with Gasteiger partial charge in [0.2, 0.25) is 0 Å². The minimum atomic E-state index is -0.964. The van der Waals surface area contributed by atoms with Crippen LogP contribution in [0.25, 0.3) is 6.08 Å². The summed E-state index contributed by atoms with van der Waals surface area (Å²) in [7, 11) is 0. The number of benzene rings is 1. The summed E-state index contributed by atoms with van der Waals surface area (Å²) in [5.74, 6) is -0.774. The van der Waals surface area contributed by atoms with Crippen LogP contribution in [0.15, 0.2) is 24.3 Å². The summed E-state index contributed by atoms with van der Waals surface area (Å²) in [6.07, 6.45) is 5.05. The molecule has 3 heteroatoms. The van der Waals surface area contributed by atoms with Crippen molar-refractivity contribution in [2.24, 2.45) is 0 Å². The van der Waals surface area contributed by atoms with Gasteiger partial charge in [0.05, 0.1) is 0 Å². The summed E-state index contributed by atoms with van der Waals surface area (Å²) in [6.45, 7) is 0. The van der Waals surface area contributed by atoms with Gasteiger partial charge in [-0.15, -0.1) is 0 Å². The molecule has 1 aromatic carbocycles. The molecule has 0 atom stereocenters. The highest BCUT2D eigenvalue weighted by atomic mass is 16.4. The zero-order valence-corrected chi connectivity index (χ0v) is 8.77. The molecule has 82 valence electrons. The van der Waals surface area contributed by atoms with E-state index in [0.29, 0.717) is 6.42 Å². The van der Waals surface area contributed by atoms with E-state index in [1.165, 1.54) is 0 Å². The lowest BCUT2D eigenvalue weighted by molar-refractivity contribution is -0.131. The Labute approximate surface area is 93.4 Å². The number of ketones is 1. The van der Waals surface area contributed by atoms with Crippen LogP contribution < -0.4 is 0 Å². The van der Waals surface area contributed by atoms with Crippen LogP contribution >= 0.6 is 0 Å². The van der Waals surface area contributed by atoms with Crippen LogP contribution in [-0.2, 0) is 11.2 Å². The van der Waals surface area contributed by atoms with Crippen LogP contribution in [0.3, 0.4) is 0 Å². The normalized spacial score (nSPS) is 15.1. The Morgan fingerprint density at radius 1 is 1.31 bits per heavy atom. The van der Waals surface area contributed by atoms with Crippen molar-refractivity contribution in [3.8, 4) is 0 Å². The van der Waals surface area contributed by atoms with E-state index < -0.39 is 5.97 Å². The van der Waals surface area contributed by atoms with E-state index in [2.05, 4.69) is 0 Å². The molecule has 0 heterocycles. The summed E-state index contributed by atoms with van der Waals surface area (Å²) >= 11 is 0. The largest absolute Gasteiger partial charge is 0.478 e. The molecule has 0 aliphatic heterocycles. The van der Waals surface area contributed by atoms with Gasteiger partial charge in [-0.1, -0.05) is 18.2 Å². The number of rotatable bonds is 2. The second kappa shape index (κ2) is 4.31. The van der Waals surface area contributed by atoms with Crippen molar-refractivity contribution in [3.05, 3.63) is 41.0 Å². The summed E-state index contributed by atoms with van der Waals surface area (Å²) in [5.41, 5.74) is 2.65. The first kappa shape index (κ1) is 10.6. The Kier molecular flexibility index (Phi) is 2.86. The molecule has 0 bridgehead atoms. The van der Waals surface area contributed by atoms with Crippen molar-refractivity contribution in [1.82, 2.24) is 0 Å². The number of hydrogen-bond acceptors (Lipinski definition) is 2. The molecule has 1 aromatic rings. The second-order valence-electron chi connectivity index (χ2n) is 3.86. The number of aryl methyl sites for hydroxylation is 1. The Balaban J connectivity index is 2.32. The van der Waals surface area contributed by atoms with Gasteiger partial charge in [0.1, 0.15) is 0 Å². The van der Waals surface area contributed by atoms with Crippen molar-refractivity contribution in [3.63, 3.8) is 0 Å². The molecule has 0 spiro atoms. The lowest BCUT2D eigenvalue weighted by atomic mass is 9.89. The SMILES string of the molecule is O=C(O)/C=C/c1ccc2c(c1)CCCC2=O. The first-order chi connectivity index (χ1) is 7.66. The summed E-state index contributed by atoms with van der Waals surface area (Å²) in [4.78, 5) is 21.9. The fraction of sp³-hybridized carbons (Fsp3) is 0.231. The number of fused-ring (bicyclic) bond motifs is 1. The maximum Gasteiger partial charge on any atom is 0.328 e. The predicted molar refractivity (Wildman–Crippen MR) is 60.4 cm³/mol. The molecule has 0 saturated heterocycles. The average Bonchev–Trinajstić information content (AvgIpc) is 2.26. The number of carbonyl (C=O) groups excluding carboxylic acids is 1. The van der Waals surface area contributed by atoms with E-state index in [0.717, 1.165) is 35.6 Å². The zero-order valence-electron chi connectivity index (χ0n) is 8.77. The number of carboxylic acids is 1. The van der Waals surface area contributed by atoms with Gasteiger partial charge in [-0.2, -0.15) is 0 Å².